The highest BCUT2D eigenvalue weighted by molar-refractivity contribution is 9.10. The fourth-order valence-electron chi connectivity index (χ4n) is 2.38. The monoisotopic (exact) mass is 395 g/mol. The first kappa shape index (κ1) is 18.7. The van der Waals surface area contributed by atoms with Crippen molar-refractivity contribution >= 4 is 15.9 Å². The minimum Gasteiger partial charge on any atom is -0.493 e. The zero-order valence-corrected chi connectivity index (χ0v) is 15.7. The predicted molar refractivity (Wildman–Crippen MR) is 98.3 cm³/mol. The average molecular weight is 396 g/mol. The Bertz CT molecular complexity index is 647. The molecule has 0 aromatic heterocycles. The van der Waals surface area contributed by atoms with E-state index in [-0.39, 0.29) is 5.82 Å². The van der Waals surface area contributed by atoms with Gasteiger partial charge in [-0.05, 0) is 49.2 Å². The lowest BCUT2D eigenvalue weighted by atomic mass is 10.1. The smallest absolute Gasteiger partial charge is 0.165 e. The van der Waals surface area contributed by atoms with Crippen LogP contribution in [0.3, 0.4) is 0 Å². The number of hydrogen-bond acceptors (Lipinski definition) is 3. The highest BCUT2D eigenvalue weighted by Crippen LogP contribution is 2.35. The summed E-state index contributed by atoms with van der Waals surface area (Å²) >= 11 is 3.51. The van der Waals surface area contributed by atoms with E-state index in [1.54, 1.807) is 7.11 Å². The summed E-state index contributed by atoms with van der Waals surface area (Å²) in [7, 11) is 1.65. The molecule has 0 radical (unpaired) electrons. The molecule has 0 amide bonds. The Kier molecular flexibility index (Phi) is 7.53. The summed E-state index contributed by atoms with van der Waals surface area (Å²) < 4.78 is 25.2. The lowest BCUT2D eigenvalue weighted by Crippen LogP contribution is -2.17. The van der Waals surface area contributed by atoms with Gasteiger partial charge in [0, 0.05) is 16.6 Å². The number of ether oxygens (including phenoxy) is 2. The van der Waals surface area contributed by atoms with Crippen molar-refractivity contribution in [3.8, 4) is 11.5 Å². The van der Waals surface area contributed by atoms with Crippen LogP contribution in [0.4, 0.5) is 4.39 Å². The Morgan fingerprint density at radius 3 is 2.58 bits per heavy atom. The quantitative estimate of drug-likeness (QED) is 0.623. The maximum Gasteiger partial charge on any atom is 0.165 e. The van der Waals surface area contributed by atoms with Crippen molar-refractivity contribution in [2.45, 2.75) is 26.3 Å². The molecule has 0 unspecified atom stereocenters. The lowest BCUT2D eigenvalue weighted by molar-refractivity contribution is 0.290. The van der Waals surface area contributed by atoms with E-state index in [2.05, 4.69) is 28.2 Å². The number of rotatable bonds is 9. The summed E-state index contributed by atoms with van der Waals surface area (Å²) in [5.74, 6) is 1.32. The van der Waals surface area contributed by atoms with Gasteiger partial charge < -0.3 is 14.8 Å². The molecule has 2 aromatic rings. The standard InChI is InChI=1S/C19H23BrFNO2/c1-3-10-24-19-15(11-16(20)12-18(19)23-2)13-22-9-8-14-4-6-17(21)7-5-14/h4-7,11-12,22H,3,8-10,13H2,1-2H3. The summed E-state index contributed by atoms with van der Waals surface area (Å²) in [5.41, 5.74) is 2.16. The molecule has 0 saturated heterocycles. The van der Waals surface area contributed by atoms with Crippen LogP contribution in [0.2, 0.25) is 0 Å². The zero-order chi connectivity index (χ0) is 17.4. The van der Waals surface area contributed by atoms with E-state index >= 15 is 0 Å². The van der Waals surface area contributed by atoms with Gasteiger partial charge >= 0.3 is 0 Å². The maximum absolute atomic E-state index is 12.9. The molecule has 5 heteroatoms. The molecule has 0 aliphatic carbocycles. The van der Waals surface area contributed by atoms with Crippen LogP contribution in [0.1, 0.15) is 24.5 Å². The number of nitrogens with one attached hydrogen (secondary N) is 1. The molecule has 0 aliphatic heterocycles. The van der Waals surface area contributed by atoms with Gasteiger partial charge in [0.2, 0.25) is 0 Å². The van der Waals surface area contributed by atoms with Crippen molar-refractivity contribution in [3.05, 3.63) is 57.8 Å². The van der Waals surface area contributed by atoms with Gasteiger partial charge in [-0.15, -0.1) is 0 Å². The third kappa shape index (κ3) is 5.49. The molecule has 0 atom stereocenters. The summed E-state index contributed by atoms with van der Waals surface area (Å²) in [6.45, 7) is 4.20. The van der Waals surface area contributed by atoms with E-state index < -0.39 is 0 Å². The van der Waals surface area contributed by atoms with Crippen molar-refractivity contribution in [2.75, 3.05) is 20.3 Å². The molecule has 1 N–H and O–H groups in total. The van der Waals surface area contributed by atoms with E-state index in [9.17, 15) is 4.39 Å². The molecule has 0 fully saturated rings. The molecule has 2 aromatic carbocycles. The van der Waals surface area contributed by atoms with Crippen LogP contribution in [0.5, 0.6) is 11.5 Å². The van der Waals surface area contributed by atoms with Crippen molar-refractivity contribution in [3.63, 3.8) is 0 Å². The van der Waals surface area contributed by atoms with Crippen LogP contribution >= 0.6 is 15.9 Å². The predicted octanol–water partition coefficient (Wildman–Crippen LogP) is 4.72. The van der Waals surface area contributed by atoms with E-state index in [0.29, 0.717) is 13.2 Å². The third-order valence-corrected chi connectivity index (χ3v) is 4.04. The molecule has 2 rings (SSSR count). The van der Waals surface area contributed by atoms with Crippen molar-refractivity contribution in [2.24, 2.45) is 0 Å². The highest BCUT2D eigenvalue weighted by atomic mass is 79.9. The highest BCUT2D eigenvalue weighted by Gasteiger charge is 2.12. The fraction of sp³-hybridized carbons (Fsp3) is 0.368. The number of hydrogen-bond donors (Lipinski definition) is 1. The van der Waals surface area contributed by atoms with E-state index in [0.717, 1.165) is 46.5 Å². The molecular weight excluding hydrogens is 373 g/mol. The second-order valence-electron chi connectivity index (χ2n) is 5.50. The second-order valence-corrected chi connectivity index (χ2v) is 6.41. The van der Waals surface area contributed by atoms with Crippen molar-refractivity contribution in [1.29, 1.82) is 0 Å². The van der Waals surface area contributed by atoms with Gasteiger partial charge in [0.05, 0.1) is 13.7 Å². The first-order chi connectivity index (χ1) is 11.6. The summed E-state index contributed by atoms with van der Waals surface area (Å²) in [6.07, 6.45) is 1.78. The van der Waals surface area contributed by atoms with Crippen LogP contribution in [0.15, 0.2) is 40.9 Å². The third-order valence-electron chi connectivity index (χ3n) is 3.59. The molecule has 3 nitrogen and oxygen atoms in total. The zero-order valence-electron chi connectivity index (χ0n) is 14.1. The van der Waals surface area contributed by atoms with Crippen LogP contribution in [0.25, 0.3) is 0 Å². The molecule has 0 aliphatic rings. The lowest BCUT2D eigenvalue weighted by Gasteiger charge is -2.16. The molecule has 0 saturated carbocycles. The van der Waals surface area contributed by atoms with Crippen LogP contribution in [-0.2, 0) is 13.0 Å². The Morgan fingerprint density at radius 1 is 1.17 bits per heavy atom. The first-order valence-corrected chi connectivity index (χ1v) is 8.87. The van der Waals surface area contributed by atoms with E-state index in [1.807, 2.05) is 24.3 Å². The molecule has 0 spiro atoms. The largest absolute Gasteiger partial charge is 0.493 e. The Morgan fingerprint density at radius 2 is 1.92 bits per heavy atom. The Hall–Kier alpha value is -1.59. The normalized spacial score (nSPS) is 10.7. The van der Waals surface area contributed by atoms with E-state index in [1.165, 1.54) is 12.1 Å². The van der Waals surface area contributed by atoms with Gasteiger partial charge in [-0.1, -0.05) is 35.0 Å². The van der Waals surface area contributed by atoms with Gasteiger partial charge in [0.1, 0.15) is 5.82 Å². The van der Waals surface area contributed by atoms with Crippen molar-refractivity contribution < 1.29 is 13.9 Å². The summed E-state index contributed by atoms with van der Waals surface area (Å²) in [5, 5.41) is 3.41. The minimum absolute atomic E-state index is 0.203. The summed E-state index contributed by atoms with van der Waals surface area (Å²) in [6, 6.07) is 10.6. The molecule has 0 heterocycles. The van der Waals surface area contributed by atoms with Crippen molar-refractivity contribution in [1.82, 2.24) is 5.32 Å². The van der Waals surface area contributed by atoms with Gasteiger partial charge in [-0.25, -0.2) is 4.39 Å². The molecule has 24 heavy (non-hydrogen) atoms. The van der Waals surface area contributed by atoms with Crippen LogP contribution in [-0.4, -0.2) is 20.3 Å². The van der Waals surface area contributed by atoms with Crippen LogP contribution in [0, 0.1) is 5.82 Å². The van der Waals surface area contributed by atoms with E-state index in [4.69, 9.17) is 9.47 Å². The average Bonchev–Trinajstić information content (AvgIpc) is 2.58. The second kappa shape index (κ2) is 9.64. The fourth-order valence-corrected chi connectivity index (χ4v) is 2.86. The number of halogens is 2. The van der Waals surface area contributed by atoms with Gasteiger partial charge in [-0.3, -0.25) is 0 Å². The minimum atomic E-state index is -0.203. The number of methoxy groups -OCH3 is 1. The van der Waals surface area contributed by atoms with Crippen LogP contribution < -0.4 is 14.8 Å². The Balaban J connectivity index is 1.97. The summed E-state index contributed by atoms with van der Waals surface area (Å²) in [4.78, 5) is 0. The Labute approximate surface area is 151 Å². The first-order valence-electron chi connectivity index (χ1n) is 8.08. The van der Waals surface area contributed by atoms with Gasteiger partial charge in [-0.2, -0.15) is 0 Å². The van der Waals surface area contributed by atoms with Gasteiger partial charge in [0.25, 0.3) is 0 Å². The molecule has 0 bridgehead atoms. The van der Waals surface area contributed by atoms with Gasteiger partial charge in [0.15, 0.2) is 11.5 Å². The SMILES string of the molecule is CCCOc1c(CNCCc2ccc(F)cc2)cc(Br)cc1OC. The number of benzene rings is 2. The molecule has 130 valence electrons. The topological polar surface area (TPSA) is 30.5 Å². The maximum atomic E-state index is 12.9. The molecular formula is C19H23BrFNO2.